The van der Waals surface area contributed by atoms with Gasteiger partial charge in [0.2, 0.25) is 0 Å². The fourth-order valence-corrected chi connectivity index (χ4v) is 4.22. The van der Waals surface area contributed by atoms with E-state index in [1.807, 2.05) is 12.1 Å². The molecule has 0 aromatic heterocycles. The number of carbonyl (C=O) groups is 2. The van der Waals surface area contributed by atoms with E-state index in [1.165, 1.54) is 5.56 Å². The predicted octanol–water partition coefficient (Wildman–Crippen LogP) is 5.08. The minimum absolute atomic E-state index is 0.0353. The van der Waals surface area contributed by atoms with Crippen LogP contribution in [0.4, 0.5) is 15.3 Å². The fourth-order valence-electron chi connectivity index (χ4n) is 2.80. The van der Waals surface area contributed by atoms with Crippen molar-refractivity contribution in [2.45, 2.75) is 45.6 Å². The van der Waals surface area contributed by atoms with Gasteiger partial charge in [0.05, 0.1) is 12.3 Å². The summed E-state index contributed by atoms with van der Waals surface area (Å²) in [5.41, 5.74) is 1.89. The van der Waals surface area contributed by atoms with Crippen molar-refractivity contribution in [2.75, 3.05) is 25.0 Å². The zero-order valence-corrected chi connectivity index (χ0v) is 18.4. The van der Waals surface area contributed by atoms with Gasteiger partial charge in [0.15, 0.2) is 0 Å². The van der Waals surface area contributed by atoms with Crippen LogP contribution in [0.3, 0.4) is 0 Å². The number of halogens is 2. The standard InChI is InChI=1S/C18H25Br2N3O3/c1-4-26-18(25)23-7-5-13(6-8-23)21-17(24)22-16-14(19)9-12(11(2)3)10-15(16)20/h9-11,13H,4-8H2,1-3H3,(H2,21,22,24). The van der Waals surface area contributed by atoms with Crippen LogP contribution < -0.4 is 10.6 Å². The molecule has 1 fully saturated rings. The third-order valence-electron chi connectivity index (χ3n) is 4.33. The smallest absolute Gasteiger partial charge is 0.409 e. The first-order chi connectivity index (χ1) is 12.3. The van der Waals surface area contributed by atoms with E-state index in [0.717, 1.165) is 8.95 Å². The number of rotatable bonds is 4. The molecule has 0 aliphatic carbocycles. The molecule has 0 atom stereocenters. The van der Waals surface area contributed by atoms with Gasteiger partial charge in [-0.25, -0.2) is 9.59 Å². The lowest BCUT2D eigenvalue weighted by Crippen LogP contribution is -2.47. The van der Waals surface area contributed by atoms with Gasteiger partial charge < -0.3 is 20.3 Å². The lowest BCUT2D eigenvalue weighted by atomic mass is 10.0. The quantitative estimate of drug-likeness (QED) is 0.618. The summed E-state index contributed by atoms with van der Waals surface area (Å²) < 4.78 is 6.68. The van der Waals surface area contributed by atoms with Crippen LogP contribution in [0.1, 0.15) is 45.1 Å². The first-order valence-corrected chi connectivity index (χ1v) is 10.4. The van der Waals surface area contributed by atoms with Crippen molar-refractivity contribution in [2.24, 2.45) is 0 Å². The largest absolute Gasteiger partial charge is 0.450 e. The van der Waals surface area contributed by atoms with E-state index in [4.69, 9.17) is 4.74 Å². The maximum Gasteiger partial charge on any atom is 0.409 e. The van der Waals surface area contributed by atoms with Gasteiger partial charge in [-0.1, -0.05) is 13.8 Å². The fraction of sp³-hybridized carbons (Fsp3) is 0.556. The highest BCUT2D eigenvalue weighted by molar-refractivity contribution is 9.11. The number of benzene rings is 1. The highest BCUT2D eigenvalue weighted by Gasteiger charge is 2.25. The van der Waals surface area contributed by atoms with Crippen LogP contribution in [0, 0.1) is 0 Å². The van der Waals surface area contributed by atoms with E-state index in [-0.39, 0.29) is 18.2 Å². The zero-order valence-electron chi connectivity index (χ0n) is 15.3. The molecule has 2 rings (SSSR count). The Hall–Kier alpha value is -1.28. The number of piperidine rings is 1. The van der Waals surface area contributed by atoms with E-state index in [1.54, 1.807) is 11.8 Å². The lowest BCUT2D eigenvalue weighted by Gasteiger charge is -2.31. The summed E-state index contributed by atoms with van der Waals surface area (Å²) >= 11 is 7.06. The number of amides is 3. The van der Waals surface area contributed by atoms with Gasteiger partial charge in [-0.2, -0.15) is 0 Å². The number of carbonyl (C=O) groups excluding carboxylic acids is 2. The molecule has 1 heterocycles. The maximum absolute atomic E-state index is 12.4. The number of anilines is 1. The molecule has 3 amide bonds. The van der Waals surface area contributed by atoms with Gasteiger partial charge in [-0.15, -0.1) is 0 Å². The summed E-state index contributed by atoms with van der Waals surface area (Å²) in [5, 5.41) is 5.88. The van der Waals surface area contributed by atoms with Crippen LogP contribution in [0.15, 0.2) is 21.1 Å². The number of urea groups is 1. The lowest BCUT2D eigenvalue weighted by molar-refractivity contribution is 0.0959. The first-order valence-electron chi connectivity index (χ1n) is 8.80. The summed E-state index contributed by atoms with van der Waals surface area (Å²) in [5.74, 6) is 0.398. The molecule has 1 saturated heterocycles. The number of hydrogen-bond acceptors (Lipinski definition) is 3. The molecule has 0 saturated carbocycles. The number of nitrogens with one attached hydrogen (secondary N) is 2. The summed E-state index contributed by atoms with van der Waals surface area (Å²) in [7, 11) is 0. The van der Waals surface area contributed by atoms with Crippen LogP contribution in [0.2, 0.25) is 0 Å². The van der Waals surface area contributed by atoms with Crippen LogP contribution in [0.25, 0.3) is 0 Å². The minimum Gasteiger partial charge on any atom is -0.450 e. The van der Waals surface area contributed by atoms with Crippen LogP contribution in [0.5, 0.6) is 0 Å². The van der Waals surface area contributed by atoms with E-state index < -0.39 is 0 Å². The van der Waals surface area contributed by atoms with Crippen molar-refractivity contribution >= 4 is 49.7 Å². The molecule has 0 spiro atoms. The molecule has 2 N–H and O–H groups in total. The molecule has 1 aliphatic rings. The van der Waals surface area contributed by atoms with Crippen molar-refractivity contribution < 1.29 is 14.3 Å². The van der Waals surface area contributed by atoms with E-state index in [9.17, 15) is 9.59 Å². The molecule has 6 nitrogen and oxygen atoms in total. The van der Waals surface area contributed by atoms with Crippen LogP contribution >= 0.6 is 31.9 Å². The third-order valence-corrected chi connectivity index (χ3v) is 5.58. The van der Waals surface area contributed by atoms with Crippen LogP contribution in [-0.2, 0) is 4.74 Å². The Balaban J connectivity index is 1.89. The Labute approximate surface area is 171 Å². The third kappa shape index (κ3) is 5.61. The first kappa shape index (κ1) is 21.0. The van der Waals surface area contributed by atoms with Crippen molar-refractivity contribution in [3.8, 4) is 0 Å². The van der Waals surface area contributed by atoms with E-state index >= 15 is 0 Å². The van der Waals surface area contributed by atoms with E-state index in [0.29, 0.717) is 44.1 Å². The van der Waals surface area contributed by atoms with Crippen molar-refractivity contribution in [1.29, 1.82) is 0 Å². The van der Waals surface area contributed by atoms with Crippen molar-refractivity contribution in [3.63, 3.8) is 0 Å². The predicted molar refractivity (Wildman–Crippen MR) is 110 cm³/mol. The number of nitrogens with zero attached hydrogens (tertiary/aromatic N) is 1. The molecule has 26 heavy (non-hydrogen) atoms. The molecule has 0 bridgehead atoms. The second kappa shape index (κ2) is 9.60. The summed E-state index contributed by atoms with van der Waals surface area (Å²) in [6.07, 6.45) is 1.13. The van der Waals surface area contributed by atoms with Gasteiger partial charge in [0.1, 0.15) is 0 Å². The molecule has 1 aromatic carbocycles. The average molecular weight is 491 g/mol. The SMILES string of the molecule is CCOC(=O)N1CCC(NC(=O)Nc2c(Br)cc(C(C)C)cc2Br)CC1. The molecule has 144 valence electrons. The zero-order chi connectivity index (χ0) is 19.3. The van der Waals surface area contributed by atoms with Crippen molar-refractivity contribution in [3.05, 3.63) is 26.6 Å². The normalized spacial score (nSPS) is 15.1. The highest BCUT2D eigenvalue weighted by Crippen LogP contribution is 2.34. The highest BCUT2D eigenvalue weighted by atomic mass is 79.9. The van der Waals surface area contributed by atoms with Crippen molar-refractivity contribution in [1.82, 2.24) is 10.2 Å². The molecule has 8 heteroatoms. The van der Waals surface area contributed by atoms with Gasteiger partial charge in [-0.05, 0) is 75.2 Å². The Morgan fingerprint density at radius 1 is 1.23 bits per heavy atom. The Bertz CT molecular complexity index is 636. The number of hydrogen-bond donors (Lipinski definition) is 2. The van der Waals surface area contributed by atoms with Gasteiger partial charge in [0.25, 0.3) is 0 Å². The second-order valence-corrected chi connectivity index (χ2v) is 8.28. The second-order valence-electron chi connectivity index (χ2n) is 6.57. The molecule has 1 aromatic rings. The molecule has 0 radical (unpaired) electrons. The summed E-state index contributed by atoms with van der Waals surface area (Å²) in [6.45, 7) is 7.58. The van der Waals surface area contributed by atoms with Crippen LogP contribution in [-0.4, -0.2) is 42.8 Å². The molecular formula is C18H25Br2N3O3. The topological polar surface area (TPSA) is 70.7 Å². The van der Waals surface area contributed by atoms with E-state index in [2.05, 4.69) is 56.3 Å². The maximum atomic E-state index is 12.4. The minimum atomic E-state index is -0.284. The monoisotopic (exact) mass is 489 g/mol. The molecule has 1 aliphatic heterocycles. The van der Waals surface area contributed by atoms with Gasteiger partial charge in [-0.3, -0.25) is 0 Å². The average Bonchev–Trinajstić information content (AvgIpc) is 2.58. The Morgan fingerprint density at radius 3 is 2.31 bits per heavy atom. The number of likely N-dealkylation sites (tertiary alicyclic amines) is 1. The Morgan fingerprint density at radius 2 is 1.81 bits per heavy atom. The molecule has 0 unspecified atom stereocenters. The molecular weight excluding hydrogens is 466 g/mol. The van der Waals surface area contributed by atoms with Gasteiger partial charge >= 0.3 is 12.1 Å². The summed E-state index contributed by atoms with van der Waals surface area (Å²) in [4.78, 5) is 25.7. The number of ether oxygens (including phenoxy) is 1. The summed E-state index contributed by atoms with van der Waals surface area (Å²) in [6, 6.07) is 3.82. The Kier molecular flexibility index (Phi) is 7.76. The van der Waals surface area contributed by atoms with Gasteiger partial charge in [0, 0.05) is 28.1 Å².